The highest BCUT2D eigenvalue weighted by molar-refractivity contribution is 14.0. The van der Waals surface area contributed by atoms with Crippen molar-refractivity contribution >= 4 is 41.6 Å². The van der Waals surface area contributed by atoms with E-state index in [-0.39, 0.29) is 48.1 Å². The Morgan fingerprint density at radius 2 is 2.00 bits per heavy atom. The van der Waals surface area contributed by atoms with E-state index in [9.17, 15) is 4.79 Å². The van der Waals surface area contributed by atoms with Crippen LogP contribution in [0, 0.1) is 5.92 Å². The molecule has 182 valence electrons. The molecule has 2 rings (SSSR count). The Balaban J connectivity index is 0.00000512. The van der Waals surface area contributed by atoms with Gasteiger partial charge in [0, 0.05) is 25.4 Å². The number of rotatable bonds is 12. The number of benzene rings is 1. The maximum Gasteiger partial charge on any atom is 0.310 e. The number of aliphatic imine (C=N–C) groups is 1. The average Bonchev–Trinajstić information content (AvgIpc) is 3.27. The molecule has 0 spiro atoms. The highest BCUT2D eigenvalue weighted by atomic mass is 127. The van der Waals surface area contributed by atoms with Crippen LogP contribution in [0.3, 0.4) is 0 Å². The lowest BCUT2D eigenvalue weighted by atomic mass is 10.2. The van der Waals surface area contributed by atoms with Gasteiger partial charge >= 0.3 is 5.97 Å². The van der Waals surface area contributed by atoms with E-state index >= 15 is 0 Å². The Morgan fingerprint density at radius 3 is 2.62 bits per heavy atom. The van der Waals surface area contributed by atoms with Crippen molar-refractivity contribution in [2.24, 2.45) is 10.9 Å². The van der Waals surface area contributed by atoms with Gasteiger partial charge in [0.1, 0.15) is 5.75 Å². The largest absolute Gasteiger partial charge is 0.491 e. The number of carbonyl (C=O) groups excluding carboxylic acids is 1. The van der Waals surface area contributed by atoms with Crippen LogP contribution in [0.15, 0.2) is 29.3 Å². The molecule has 0 bridgehead atoms. The van der Waals surface area contributed by atoms with Crippen molar-refractivity contribution in [3.05, 3.63) is 24.3 Å². The van der Waals surface area contributed by atoms with Gasteiger partial charge in [-0.25, -0.2) is 0 Å². The molecule has 0 radical (unpaired) electrons. The molecule has 1 saturated heterocycles. The fraction of sp³-hybridized carbons (Fsp3) is 0.652. The quantitative estimate of drug-likeness (QED) is 0.131. The number of anilines is 1. The van der Waals surface area contributed by atoms with Crippen LogP contribution < -0.4 is 15.4 Å². The summed E-state index contributed by atoms with van der Waals surface area (Å²) in [4.78, 5) is 16.2. The van der Waals surface area contributed by atoms with Crippen molar-refractivity contribution in [2.75, 3.05) is 45.3 Å². The number of halogens is 1. The number of guanidine groups is 1. The molecular weight excluding hydrogens is 525 g/mol. The standard InChI is InChI=1S/C23H37N3O5.HI/c1-17(2)31-20-10-8-19(9-11-20)26-23(25-15-18(3)22(27)28-4)24-12-6-13-29-16-21-7-5-14-30-21;/h8-11,17-18,21H,5-7,12-16H2,1-4H3,(H2,24,25,26);1H. The molecule has 1 heterocycles. The fourth-order valence-corrected chi connectivity index (χ4v) is 3.04. The first-order valence-corrected chi connectivity index (χ1v) is 11.1. The maximum atomic E-state index is 11.7. The molecule has 8 nitrogen and oxygen atoms in total. The second kappa shape index (κ2) is 16.1. The van der Waals surface area contributed by atoms with Crippen LogP contribution in [0.1, 0.15) is 40.0 Å². The van der Waals surface area contributed by atoms with Crippen molar-refractivity contribution in [3.63, 3.8) is 0 Å². The summed E-state index contributed by atoms with van der Waals surface area (Å²) in [7, 11) is 1.39. The number of methoxy groups -OCH3 is 1. The number of hydrogen-bond donors (Lipinski definition) is 2. The van der Waals surface area contributed by atoms with Gasteiger partial charge in [-0.05, 0) is 57.4 Å². The van der Waals surface area contributed by atoms with Crippen LogP contribution in [0.25, 0.3) is 0 Å². The number of esters is 1. The minimum Gasteiger partial charge on any atom is -0.491 e. The Hall–Kier alpha value is -1.59. The summed E-state index contributed by atoms with van der Waals surface area (Å²) in [5.41, 5.74) is 0.878. The van der Waals surface area contributed by atoms with Crippen LogP contribution in [-0.4, -0.2) is 64.2 Å². The van der Waals surface area contributed by atoms with Gasteiger partial charge in [0.15, 0.2) is 5.96 Å². The monoisotopic (exact) mass is 563 g/mol. The van der Waals surface area contributed by atoms with Gasteiger partial charge in [-0.2, -0.15) is 0 Å². The second-order valence-electron chi connectivity index (χ2n) is 7.92. The van der Waals surface area contributed by atoms with Gasteiger partial charge in [0.25, 0.3) is 0 Å². The normalized spacial score (nSPS) is 16.9. The lowest BCUT2D eigenvalue weighted by Crippen LogP contribution is -2.33. The molecule has 2 N–H and O–H groups in total. The summed E-state index contributed by atoms with van der Waals surface area (Å²) >= 11 is 0. The van der Waals surface area contributed by atoms with Gasteiger partial charge in [-0.3, -0.25) is 9.79 Å². The van der Waals surface area contributed by atoms with Crippen LogP contribution in [0.2, 0.25) is 0 Å². The Kier molecular flexibility index (Phi) is 14.3. The number of nitrogens with one attached hydrogen (secondary N) is 2. The summed E-state index contributed by atoms with van der Waals surface area (Å²) in [6.07, 6.45) is 3.41. The number of ether oxygens (including phenoxy) is 4. The summed E-state index contributed by atoms with van der Waals surface area (Å²) < 4.78 is 21.7. The molecule has 0 aromatic heterocycles. The first-order chi connectivity index (χ1) is 15.0. The molecule has 2 atom stereocenters. The van der Waals surface area contributed by atoms with Crippen LogP contribution >= 0.6 is 24.0 Å². The molecule has 1 fully saturated rings. The fourth-order valence-electron chi connectivity index (χ4n) is 3.04. The molecule has 0 amide bonds. The highest BCUT2D eigenvalue weighted by Crippen LogP contribution is 2.17. The Bertz CT molecular complexity index is 679. The molecule has 0 saturated carbocycles. The molecule has 0 aliphatic carbocycles. The first kappa shape index (κ1) is 28.4. The third kappa shape index (κ3) is 11.3. The molecule has 32 heavy (non-hydrogen) atoms. The molecule has 1 aliphatic rings. The van der Waals surface area contributed by atoms with E-state index in [4.69, 9.17) is 18.9 Å². The van der Waals surface area contributed by atoms with Gasteiger partial charge in [0.05, 0.1) is 38.4 Å². The van der Waals surface area contributed by atoms with Crippen molar-refractivity contribution in [3.8, 4) is 5.75 Å². The zero-order valence-corrected chi connectivity index (χ0v) is 21.9. The van der Waals surface area contributed by atoms with Crippen molar-refractivity contribution in [1.29, 1.82) is 0 Å². The van der Waals surface area contributed by atoms with E-state index < -0.39 is 0 Å². The van der Waals surface area contributed by atoms with Crippen LogP contribution in [0.5, 0.6) is 5.75 Å². The van der Waals surface area contributed by atoms with Gasteiger partial charge in [-0.1, -0.05) is 6.92 Å². The van der Waals surface area contributed by atoms with Crippen molar-refractivity contribution in [1.82, 2.24) is 5.32 Å². The van der Waals surface area contributed by atoms with Crippen molar-refractivity contribution in [2.45, 2.75) is 52.2 Å². The summed E-state index contributed by atoms with van der Waals surface area (Å²) in [6.45, 7) is 8.95. The zero-order valence-electron chi connectivity index (χ0n) is 19.6. The predicted molar refractivity (Wildman–Crippen MR) is 137 cm³/mol. The lowest BCUT2D eigenvalue weighted by molar-refractivity contribution is -0.144. The molecule has 2 unspecified atom stereocenters. The average molecular weight is 563 g/mol. The summed E-state index contributed by atoms with van der Waals surface area (Å²) in [5.74, 6) is 0.822. The predicted octanol–water partition coefficient (Wildman–Crippen LogP) is 3.84. The molecule has 9 heteroatoms. The van der Waals surface area contributed by atoms with E-state index in [0.29, 0.717) is 32.3 Å². The van der Waals surface area contributed by atoms with E-state index in [0.717, 1.165) is 37.3 Å². The van der Waals surface area contributed by atoms with Crippen LogP contribution in [0.4, 0.5) is 5.69 Å². The maximum absolute atomic E-state index is 11.7. The Labute approximate surface area is 208 Å². The van der Waals surface area contributed by atoms with E-state index in [1.165, 1.54) is 7.11 Å². The highest BCUT2D eigenvalue weighted by Gasteiger charge is 2.15. The summed E-state index contributed by atoms with van der Waals surface area (Å²) in [5, 5.41) is 6.58. The Morgan fingerprint density at radius 1 is 1.25 bits per heavy atom. The van der Waals surface area contributed by atoms with E-state index in [1.807, 2.05) is 38.1 Å². The van der Waals surface area contributed by atoms with Crippen molar-refractivity contribution < 1.29 is 23.7 Å². The second-order valence-corrected chi connectivity index (χ2v) is 7.92. The smallest absolute Gasteiger partial charge is 0.310 e. The zero-order chi connectivity index (χ0) is 22.5. The third-order valence-corrected chi connectivity index (χ3v) is 4.70. The first-order valence-electron chi connectivity index (χ1n) is 11.1. The minimum absolute atomic E-state index is 0. The number of nitrogens with zero attached hydrogens (tertiary/aromatic N) is 1. The number of hydrogen-bond acceptors (Lipinski definition) is 6. The van der Waals surface area contributed by atoms with E-state index in [1.54, 1.807) is 6.92 Å². The minimum atomic E-state index is -0.319. The topological polar surface area (TPSA) is 90.4 Å². The number of carbonyl (C=O) groups is 1. The molecular formula is C23H38IN3O5. The lowest BCUT2D eigenvalue weighted by Gasteiger charge is -2.15. The summed E-state index contributed by atoms with van der Waals surface area (Å²) in [6, 6.07) is 7.69. The molecule has 1 aliphatic heterocycles. The van der Waals surface area contributed by atoms with Crippen LogP contribution in [-0.2, 0) is 19.0 Å². The third-order valence-electron chi connectivity index (χ3n) is 4.70. The molecule has 1 aromatic carbocycles. The van der Waals surface area contributed by atoms with Gasteiger partial charge < -0.3 is 29.6 Å². The SMILES string of the molecule is COC(=O)C(C)CN=C(NCCCOCC1CCCO1)Nc1ccc(OC(C)C)cc1.I. The molecule has 1 aromatic rings. The van der Waals surface area contributed by atoms with E-state index in [2.05, 4.69) is 15.6 Å². The van der Waals surface area contributed by atoms with Gasteiger partial charge in [0.2, 0.25) is 0 Å². The van der Waals surface area contributed by atoms with Gasteiger partial charge in [-0.15, -0.1) is 24.0 Å².